The maximum absolute atomic E-state index is 6.45. The maximum atomic E-state index is 6.45. The average molecular weight is 350 g/mol. The summed E-state index contributed by atoms with van der Waals surface area (Å²) in [7, 11) is 0. The molecule has 0 spiro atoms. The lowest BCUT2D eigenvalue weighted by Crippen LogP contribution is -2.26. The predicted molar refractivity (Wildman–Crippen MR) is 93.6 cm³/mol. The van der Waals surface area contributed by atoms with Gasteiger partial charge in [0.1, 0.15) is 17.3 Å². The minimum atomic E-state index is -0.0912. The number of imidazole rings is 1. The highest BCUT2D eigenvalue weighted by Gasteiger charge is 2.26. The SMILES string of the molecule is Cc1ccc(-c2nc(C(C)C)n(C(C)(C)C)c2N)c(Br)c1. The van der Waals surface area contributed by atoms with Crippen LogP contribution in [0.25, 0.3) is 11.3 Å². The molecule has 0 saturated heterocycles. The summed E-state index contributed by atoms with van der Waals surface area (Å²) < 4.78 is 3.18. The molecule has 2 N–H and O–H groups in total. The lowest BCUT2D eigenvalue weighted by molar-refractivity contribution is 0.382. The van der Waals surface area contributed by atoms with E-state index in [1.807, 2.05) is 0 Å². The molecular formula is C17H24BrN3. The molecular weight excluding hydrogens is 326 g/mol. The van der Waals surface area contributed by atoms with Crippen molar-refractivity contribution in [2.24, 2.45) is 0 Å². The summed E-state index contributed by atoms with van der Waals surface area (Å²) in [6, 6.07) is 6.26. The third-order valence-corrected chi connectivity index (χ3v) is 4.16. The lowest BCUT2D eigenvalue weighted by Gasteiger charge is -2.26. The second-order valence-corrected chi connectivity index (χ2v) is 7.70. The van der Waals surface area contributed by atoms with Gasteiger partial charge in [0, 0.05) is 21.5 Å². The number of halogens is 1. The van der Waals surface area contributed by atoms with Gasteiger partial charge in [-0.15, -0.1) is 0 Å². The fourth-order valence-electron chi connectivity index (χ4n) is 2.55. The van der Waals surface area contributed by atoms with Gasteiger partial charge in [0.2, 0.25) is 0 Å². The fraction of sp³-hybridized carbons (Fsp3) is 0.471. The van der Waals surface area contributed by atoms with Crippen LogP contribution in [-0.2, 0) is 5.54 Å². The number of nitrogens with zero attached hydrogens (tertiary/aromatic N) is 2. The number of nitrogens with two attached hydrogens (primary N) is 1. The van der Waals surface area contributed by atoms with E-state index in [-0.39, 0.29) is 5.54 Å². The van der Waals surface area contributed by atoms with Gasteiger partial charge in [-0.1, -0.05) is 41.9 Å². The van der Waals surface area contributed by atoms with Gasteiger partial charge in [-0.2, -0.15) is 0 Å². The van der Waals surface area contributed by atoms with E-state index in [0.29, 0.717) is 5.92 Å². The molecule has 4 heteroatoms. The molecule has 0 radical (unpaired) electrons. The first-order valence-corrected chi connectivity index (χ1v) is 8.07. The van der Waals surface area contributed by atoms with Crippen molar-refractivity contribution in [3.8, 4) is 11.3 Å². The summed E-state index contributed by atoms with van der Waals surface area (Å²) in [5.41, 5.74) is 9.47. The van der Waals surface area contributed by atoms with Gasteiger partial charge in [-0.05, 0) is 39.3 Å². The molecule has 0 aliphatic carbocycles. The van der Waals surface area contributed by atoms with Crippen LogP contribution >= 0.6 is 15.9 Å². The molecule has 0 unspecified atom stereocenters. The Labute approximate surface area is 135 Å². The van der Waals surface area contributed by atoms with Crippen molar-refractivity contribution in [3.63, 3.8) is 0 Å². The van der Waals surface area contributed by atoms with Crippen molar-refractivity contribution >= 4 is 21.7 Å². The number of hydrogen-bond acceptors (Lipinski definition) is 2. The van der Waals surface area contributed by atoms with E-state index >= 15 is 0 Å². The predicted octanol–water partition coefficient (Wildman–Crippen LogP) is 5.08. The van der Waals surface area contributed by atoms with Crippen molar-refractivity contribution in [1.29, 1.82) is 0 Å². The van der Waals surface area contributed by atoms with E-state index < -0.39 is 0 Å². The van der Waals surface area contributed by atoms with E-state index in [9.17, 15) is 0 Å². The molecule has 0 bridgehead atoms. The first kappa shape index (κ1) is 16.1. The topological polar surface area (TPSA) is 43.8 Å². The summed E-state index contributed by atoms with van der Waals surface area (Å²) >= 11 is 3.63. The molecule has 114 valence electrons. The Morgan fingerprint density at radius 1 is 1.24 bits per heavy atom. The van der Waals surface area contributed by atoms with Gasteiger partial charge in [-0.3, -0.25) is 0 Å². The van der Waals surface area contributed by atoms with Crippen LogP contribution in [-0.4, -0.2) is 9.55 Å². The molecule has 1 aromatic carbocycles. The Kier molecular flexibility index (Phi) is 4.20. The van der Waals surface area contributed by atoms with Crippen LogP contribution in [0.15, 0.2) is 22.7 Å². The van der Waals surface area contributed by atoms with Gasteiger partial charge in [0.15, 0.2) is 0 Å². The minimum Gasteiger partial charge on any atom is -0.383 e. The zero-order valence-corrected chi connectivity index (χ0v) is 15.2. The summed E-state index contributed by atoms with van der Waals surface area (Å²) in [6.07, 6.45) is 0. The highest BCUT2D eigenvalue weighted by atomic mass is 79.9. The zero-order valence-electron chi connectivity index (χ0n) is 13.7. The van der Waals surface area contributed by atoms with Crippen LogP contribution < -0.4 is 5.73 Å². The summed E-state index contributed by atoms with van der Waals surface area (Å²) in [5, 5.41) is 0. The molecule has 0 atom stereocenters. The second-order valence-electron chi connectivity index (χ2n) is 6.85. The molecule has 21 heavy (non-hydrogen) atoms. The number of rotatable bonds is 2. The summed E-state index contributed by atoms with van der Waals surface area (Å²) in [6.45, 7) is 12.8. The Hall–Kier alpha value is -1.29. The van der Waals surface area contributed by atoms with Gasteiger partial charge >= 0.3 is 0 Å². The largest absolute Gasteiger partial charge is 0.383 e. The second kappa shape index (κ2) is 5.48. The average Bonchev–Trinajstić information content (AvgIpc) is 2.67. The van der Waals surface area contributed by atoms with E-state index in [1.165, 1.54) is 5.56 Å². The number of hydrogen-bond donors (Lipinski definition) is 1. The van der Waals surface area contributed by atoms with E-state index in [4.69, 9.17) is 10.7 Å². The van der Waals surface area contributed by atoms with Crippen LogP contribution in [0.1, 0.15) is 51.9 Å². The van der Waals surface area contributed by atoms with Crippen LogP contribution in [0.3, 0.4) is 0 Å². The lowest BCUT2D eigenvalue weighted by atomic mass is 10.1. The van der Waals surface area contributed by atoms with Gasteiger partial charge < -0.3 is 10.3 Å². The first-order chi connectivity index (χ1) is 9.62. The van der Waals surface area contributed by atoms with Crippen molar-refractivity contribution in [2.45, 2.75) is 53.0 Å². The molecule has 3 nitrogen and oxygen atoms in total. The van der Waals surface area contributed by atoms with E-state index in [2.05, 4.69) is 80.2 Å². The summed E-state index contributed by atoms with van der Waals surface area (Å²) in [5.74, 6) is 2.09. The number of nitrogen functional groups attached to an aromatic ring is 1. The van der Waals surface area contributed by atoms with Gasteiger partial charge in [-0.25, -0.2) is 4.98 Å². The van der Waals surface area contributed by atoms with Crippen LogP contribution in [0, 0.1) is 6.92 Å². The van der Waals surface area contributed by atoms with Crippen molar-refractivity contribution in [3.05, 3.63) is 34.1 Å². The quantitative estimate of drug-likeness (QED) is 0.821. The number of aryl methyl sites for hydroxylation is 1. The van der Waals surface area contributed by atoms with Crippen LogP contribution in [0.2, 0.25) is 0 Å². The monoisotopic (exact) mass is 349 g/mol. The molecule has 2 rings (SSSR count). The molecule has 0 amide bonds. The minimum absolute atomic E-state index is 0.0912. The standard InChI is InChI=1S/C17H24BrN3/c1-10(2)16-20-14(15(19)21(16)17(4,5)6)12-8-7-11(3)9-13(12)18/h7-10H,19H2,1-6H3. The molecule has 1 aromatic heterocycles. The molecule has 0 saturated carbocycles. The molecule has 1 heterocycles. The van der Waals surface area contributed by atoms with E-state index in [1.54, 1.807) is 0 Å². The third-order valence-electron chi connectivity index (χ3n) is 3.51. The highest BCUT2D eigenvalue weighted by Crippen LogP contribution is 2.37. The molecule has 2 aromatic rings. The maximum Gasteiger partial charge on any atom is 0.132 e. The molecule has 0 aliphatic heterocycles. The Morgan fingerprint density at radius 2 is 1.86 bits per heavy atom. The van der Waals surface area contributed by atoms with Crippen molar-refractivity contribution in [2.75, 3.05) is 5.73 Å². The van der Waals surface area contributed by atoms with Crippen molar-refractivity contribution in [1.82, 2.24) is 9.55 Å². The molecule has 0 fully saturated rings. The van der Waals surface area contributed by atoms with Crippen LogP contribution in [0.5, 0.6) is 0 Å². The Balaban J connectivity index is 2.71. The van der Waals surface area contributed by atoms with Crippen LogP contribution in [0.4, 0.5) is 5.82 Å². The Morgan fingerprint density at radius 3 is 2.29 bits per heavy atom. The smallest absolute Gasteiger partial charge is 0.132 e. The fourth-order valence-corrected chi connectivity index (χ4v) is 3.23. The number of aromatic nitrogens is 2. The third kappa shape index (κ3) is 3.00. The van der Waals surface area contributed by atoms with E-state index in [0.717, 1.165) is 27.4 Å². The van der Waals surface area contributed by atoms with Gasteiger partial charge in [0.05, 0.1) is 0 Å². The molecule has 0 aliphatic rings. The normalized spacial score (nSPS) is 12.2. The van der Waals surface area contributed by atoms with Gasteiger partial charge in [0.25, 0.3) is 0 Å². The first-order valence-electron chi connectivity index (χ1n) is 7.28. The number of benzene rings is 1. The Bertz CT molecular complexity index is 663. The highest BCUT2D eigenvalue weighted by molar-refractivity contribution is 9.10. The zero-order chi connectivity index (χ0) is 15.9. The van der Waals surface area contributed by atoms with Crippen molar-refractivity contribution < 1.29 is 0 Å². The summed E-state index contributed by atoms with van der Waals surface area (Å²) in [4.78, 5) is 4.84. The number of anilines is 1.